The molecule has 7 nitrogen and oxygen atoms in total. The minimum atomic E-state index is -0.799. The van der Waals surface area contributed by atoms with Crippen LogP contribution in [-0.4, -0.2) is 24.5 Å². The van der Waals surface area contributed by atoms with Crippen LogP contribution in [0.3, 0.4) is 0 Å². The number of carbonyl (C=O) groups excluding carboxylic acids is 3. The van der Waals surface area contributed by atoms with Crippen LogP contribution >= 0.6 is 11.3 Å². The van der Waals surface area contributed by atoms with Gasteiger partial charge in [-0.05, 0) is 50.3 Å². The summed E-state index contributed by atoms with van der Waals surface area (Å²) in [6.45, 7) is 1.83. The van der Waals surface area contributed by atoms with Crippen molar-refractivity contribution in [2.24, 2.45) is 0 Å². The minimum Gasteiger partial charge on any atom is -0.459 e. The number of imide groups is 1. The van der Waals surface area contributed by atoms with Crippen molar-refractivity contribution in [2.75, 3.05) is 11.9 Å². The molecule has 8 heteroatoms. The van der Waals surface area contributed by atoms with Crippen LogP contribution in [0, 0.1) is 0 Å². The molecule has 0 saturated carbocycles. The Morgan fingerprint density at radius 2 is 2.04 bits per heavy atom. The highest BCUT2D eigenvalue weighted by Crippen LogP contribution is 2.38. The number of amides is 3. The first-order chi connectivity index (χ1) is 12.1. The zero-order valence-corrected chi connectivity index (χ0v) is 14.5. The van der Waals surface area contributed by atoms with E-state index in [9.17, 15) is 14.4 Å². The molecule has 3 amide bonds. The number of rotatable bonds is 4. The van der Waals surface area contributed by atoms with Crippen molar-refractivity contribution in [3.05, 3.63) is 40.2 Å². The maximum absolute atomic E-state index is 12.6. The molecule has 2 N–H and O–H groups in total. The summed E-state index contributed by atoms with van der Waals surface area (Å²) in [5, 5.41) is 5.37. The molecule has 0 fully saturated rings. The van der Waals surface area contributed by atoms with E-state index < -0.39 is 17.9 Å². The van der Waals surface area contributed by atoms with Gasteiger partial charge in [-0.1, -0.05) is 0 Å². The van der Waals surface area contributed by atoms with Crippen LogP contribution in [0.2, 0.25) is 0 Å². The zero-order valence-electron chi connectivity index (χ0n) is 13.7. The van der Waals surface area contributed by atoms with E-state index in [1.165, 1.54) is 17.6 Å². The summed E-state index contributed by atoms with van der Waals surface area (Å²) in [6, 6.07) is 3.16. The van der Waals surface area contributed by atoms with Crippen molar-refractivity contribution < 1.29 is 23.5 Å². The first kappa shape index (κ1) is 17.2. The van der Waals surface area contributed by atoms with Crippen LogP contribution in [0.15, 0.2) is 22.8 Å². The van der Waals surface area contributed by atoms with Gasteiger partial charge < -0.3 is 14.5 Å². The van der Waals surface area contributed by atoms with Gasteiger partial charge in [0.05, 0.1) is 18.4 Å². The van der Waals surface area contributed by atoms with E-state index in [2.05, 4.69) is 10.6 Å². The molecular formula is C17H18N2O5S. The molecule has 0 spiro atoms. The fourth-order valence-corrected chi connectivity index (χ4v) is 4.07. The largest absolute Gasteiger partial charge is 0.459 e. The number of furan rings is 1. The average Bonchev–Trinajstić information content (AvgIpc) is 3.22. The Kier molecular flexibility index (Phi) is 5.18. The molecule has 2 aromatic rings. The number of fused-ring (bicyclic) bond motifs is 1. The van der Waals surface area contributed by atoms with Crippen molar-refractivity contribution in [2.45, 2.75) is 32.6 Å². The molecule has 3 rings (SSSR count). The smallest absolute Gasteiger partial charge is 0.414 e. The third-order valence-corrected chi connectivity index (χ3v) is 5.07. The predicted molar refractivity (Wildman–Crippen MR) is 92.1 cm³/mol. The van der Waals surface area contributed by atoms with Gasteiger partial charge in [0.2, 0.25) is 0 Å². The molecule has 0 radical (unpaired) electrons. The molecular weight excluding hydrogens is 344 g/mol. The number of thiophene rings is 1. The van der Waals surface area contributed by atoms with Gasteiger partial charge in [0, 0.05) is 4.88 Å². The molecule has 132 valence electrons. The lowest BCUT2D eigenvalue weighted by Gasteiger charge is -2.12. The van der Waals surface area contributed by atoms with Crippen LogP contribution in [0.25, 0.3) is 0 Å². The fourth-order valence-electron chi connectivity index (χ4n) is 2.79. The van der Waals surface area contributed by atoms with Crippen LogP contribution in [0.5, 0.6) is 0 Å². The molecule has 0 aromatic carbocycles. The molecule has 0 bridgehead atoms. The maximum atomic E-state index is 12.6. The van der Waals surface area contributed by atoms with Gasteiger partial charge in [0.1, 0.15) is 5.00 Å². The van der Waals surface area contributed by atoms with Gasteiger partial charge in [0.15, 0.2) is 5.76 Å². The van der Waals surface area contributed by atoms with E-state index in [1.54, 1.807) is 19.1 Å². The molecule has 0 atom stereocenters. The maximum Gasteiger partial charge on any atom is 0.414 e. The predicted octanol–water partition coefficient (Wildman–Crippen LogP) is 3.36. The number of hydrogen-bond acceptors (Lipinski definition) is 6. The number of aryl methyl sites for hydroxylation is 1. The molecule has 0 aliphatic heterocycles. The van der Waals surface area contributed by atoms with E-state index >= 15 is 0 Å². The van der Waals surface area contributed by atoms with E-state index in [1.807, 2.05) is 0 Å². The Balaban J connectivity index is 1.89. The molecule has 0 unspecified atom stereocenters. The summed E-state index contributed by atoms with van der Waals surface area (Å²) in [5.74, 6) is -0.843. The molecule has 1 aliphatic carbocycles. The average molecular weight is 362 g/mol. The Morgan fingerprint density at radius 1 is 1.24 bits per heavy atom. The number of hydrogen-bond donors (Lipinski definition) is 2. The van der Waals surface area contributed by atoms with Gasteiger partial charge in [-0.3, -0.25) is 14.9 Å². The standard InChI is InChI=1S/C17H18N2O5S/c1-2-23-17(22)19-15(21)13-10-6-3-4-8-12(10)25-16(13)18-14(20)11-7-5-9-24-11/h5,7,9H,2-4,6,8H2,1H3,(H,18,20)(H,19,21,22). The summed E-state index contributed by atoms with van der Waals surface area (Å²) in [7, 11) is 0. The van der Waals surface area contributed by atoms with Gasteiger partial charge in [0.25, 0.3) is 11.8 Å². The SMILES string of the molecule is CCOC(=O)NC(=O)c1c(NC(=O)c2ccco2)sc2c1CCCC2. The van der Waals surface area contributed by atoms with Crippen LogP contribution in [0.1, 0.15) is 51.1 Å². The topological polar surface area (TPSA) is 97.6 Å². The van der Waals surface area contributed by atoms with E-state index in [0.717, 1.165) is 36.1 Å². The van der Waals surface area contributed by atoms with Gasteiger partial charge in [-0.2, -0.15) is 0 Å². The van der Waals surface area contributed by atoms with Crippen molar-refractivity contribution in [3.8, 4) is 0 Å². The third kappa shape index (κ3) is 3.74. The lowest BCUT2D eigenvalue weighted by atomic mass is 9.95. The van der Waals surface area contributed by atoms with Crippen molar-refractivity contribution in [3.63, 3.8) is 0 Å². The molecule has 25 heavy (non-hydrogen) atoms. The van der Waals surface area contributed by atoms with Crippen LogP contribution in [-0.2, 0) is 17.6 Å². The van der Waals surface area contributed by atoms with E-state index in [4.69, 9.17) is 9.15 Å². The lowest BCUT2D eigenvalue weighted by molar-refractivity contribution is 0.0925. The Morgan fingerprint density at radius 3 is 2.76 bits per heavy atom. The lowest BCUT2D eigenvalue weighted by Crippen LogP contribution is -2.32. The first-order valence-corrected chi connectivity index (χ1v) is 8.89. The van der Waals surface area contributed by atoms with Crippen molar-refractivity contribution in [1.29, 1.82) is 0 Å². The van der Waals surface area contributed by atoms with Crippen LogP contribution < -0.4 is 10.6 Å². The number of alkyl carbamates (subject to hydrolysis) is 1. The highest BCUT2D eigenvalue weighted by Gasteiger charge is 2.28. The second-order valence-electron chi connectivity index (χ2n) is 5.52. The number of nitrogens with one attached hydrogen (secondary N) is 2. The van der Waals surface area contributed by atoms with Crippen molar-refractivity contribution >= 4 is 34.2 Å². The molecule has 1 aliphatic rings. The second-order valence-corrected chi connectivity index (χ2v) is 6.63. The summed E-state index contributed by atoms with van der Waals surface area (Å²) < 4.78 is 9.85. The second kappa shape index (κ2) is 7.52. The van der Waals surface area contributed by atoms with E-state index in [0.29, 0.717) is 10.6 Å². The van der Waals surface area contributed by atoms with Gasteiger partial charge >= 0.3 is 6.09 Å². The highest BCUT2D eigenvalue weighted by atomic mass is 32.1. The van der Waals surface area contributed by atoms with Gasteiger partial charge in [-0.25, -0.2) is 4.79 Å². The van der Waals surface area contributed by atoms with Crippen molar-refractivity contribution in [1.82, 2.24) is 5.32 Å². The third-order valence-electron chi connectivity index (χ3n) is 3.86. The van der Waals surface area contributed by atoms with Gasteiger partial charge in [-0.15, -0.1) is 11.3 Å². The molecule has 0 saturated heterocycles. The number of carbonyl (C=O) groups is 3. The van der Waals surface area contributed by atoms with Crippen LogP contribution in [0.4, 0.5) is 9.80 Å². The summed E-state index contributed by atoms with van der Waals surface area (Å²) >= 11 is 1.37. The zero-order chi connectivity index (χ0) is 17.8. The summed E-state index contributed by atoms with van der Waals surface area (Å²) in [5.41, 5.74) is 1.24. The summed E-state index contributed by atoms with van der Waals surface area (Å²) in [6.07, 6.45) is 4.21. The normalized spacial score (nSPS) is 13.0. The Bertz CT molecular complexity index is 794. The molecule has 2 aromatic heterocycles. The minimum absolute atomic E-state index is 0.156. The summed E-state index contributed by atoms with van der Waals surface area (Å²) in [4.78, 5) is 37.5. The van der Waals surface area contributed by atoms with E-state index in [-0.39, 0.29) is 12.4 Å². The Hall–Kier alpha value is -2.61. The fraction of sp³-hybridized carbons (Fsp3) is 0.353. The number of anilines is 1. The first-order valence-electron chi connectivity index (χ1n) is 8.07. The molecule has 2 heterocycles. The number of ether oxygens (including phenoxy) is 1. The highest BCUT2D eigenvalue weighted by molar-refractivity contribution is 7.17. The monoisotopic (exact) mass is 362 g/mol. The Labute approximate surface area is 148 Å². The quantitative estimate of drug-likeness (QED) is 0.869.